The van der Waals surface area contributed by atoms with Crippen LogP contribution in [-0.2, 0) is 4.79 Å². The number of nitrogens with one attached hydrogen (secondary N) is 1. The minimum atomic E-state index is -0.457. The predicted octanol–water partition coefficient (Wildman–Crippen LogP) is 4.59. The first-order valence-corrected chi connectivity index (χ1v) is 9.48. The molecule has 0 aliphatic carbocycles. The third-order valence-corrected chi connectivity index (χ3v) is 4.77. The average molecular weight is 403 g/mol. The first-order valence-electron chi connectivity index (χ1n) is 9.48. The van der Waals surface area contributed by atoms with E-state index in [1.165, 1.54) is 0 Å². The number of hydrogen-bond donors (Lipinski definition) is 1. The van der Waals surface area contributed by atoms with Crippen LogP contribution in [0.15, 0.2) is 63.8 Å². The molecule has 6 heteroatoms. The molecule has 3 aromatic carbocycles. The van der Waals surface area contributed by atoms with Gasteiger partial charge in [0.25, 0.3) is 5.91 Å². The van der Waals surface area contributed by atoms with Gasteiger partial charge < -0.3 is 19.2 Å². The molecular formula is C24H21NO5. The van der Waals surface area contributed by atoms with Gasteiger partial charge >= 0.3 is 5.63 Å². The highest BCUT2D eigenvalue weighted by atomic mass is 16.5. The van der Waals surface area contributed by atoms with E-state index in [4.69, 9.17) is 13.9 Å². The maximum atomic E-state index is 12.4. The van der Waals surface area contributed by atoms with E-state index in [1.807, 2.05) is 44.2 Å². The molecule has 30 heavy (non-hydrogen) atoms. The number of rotatable bonds is 5. The molecule has 4 aromatic rings. The van der Waals surface area contributed by atoms with Crippen molar-refractivity contribution >= 4 is 33.3 Å². The van der Waals surface area contributed by atoms with Gasteiger partial charge in [0.05, 0.1) is 12.5 Å². The second-order valence-electron chi connectivity index (χ2n) is 7.17. The number of benzene rings is 3. The molecule has 0 atom stereocenters. The van der Waals surface area contributed by atoms with Crippen molar-refractivity contribution in [1.82, 2.24) is 0 Å². The second-order valence-corrected chi connectivity index (χ2v) is 7.17. The lowest BCUT2D eigenvalue weighted by atomic mass is 10.1. The highest BCUT2D eigenvalue weighted by molar-refractivity contribution is 6.05. The Kier molecular flexibility index (Phi) is 5.14. The molecule has 0 spiro atoms. The van der Waals surface area contributed by atoms with Crippen molar-refractivity contribution in [1.29, 1.82) is 0 Å². The Bertz CT molecular complexity index is 1300. The quantitative estimate of drug-likeness (QED) is 0.390. The van der Waals surface area contributed by atoms with Crippen LogP contribution >= 0.6 is 0 Å². The van der Waals surface area contributed by atoms with Crippen molar-refractivity contribution < 1.29 is 18.7 Å². The molecule has 1 amide bonds. The van der Waals surface area contributed by atoms with Gasteiger partial charge in [-0.05, 0) is 67.4 Å². The van der Waals surface area contributed by atoms with Crippen LogP contribution < -0.4 is 20.4 Å². The second kappa shape index (κ2) is 7.91. The van der Waals surface area contributed by atoms with Crippen molar-refractivity contribution in [2.24, 2.45) is 0 Å². The zero-order chi connectivity index (χ0) is 21.3. The Morgan fingerprint density at radius 1 is 0.900 bits per heavy atom. The summed E-state index contributed by atoms with van der Waals surface area (Å²) in [6, 6.07) is 16.3. The van der Waals surface area contributed by atoms with Crippen LogP contribution in [0.4, 0.5) is 5.69 Å². The molecule has 152 valence electrons. The highest BCUT2D eigenvalue weighted by Crippen LogP contribution is 2.28. The lowest BCUT2D eigenvalue weighted by Crippen LogP contribution is -2.20. The van der Waals surface area contributed by atoms with Gasteiger partial charge in [0, 0.05) is 22.5 Å². The number of carbonyl (C=O) groups is 1. The van der Waals surface area contributed by atoms with Gasteiger partial charge in [-0.2, -0.15) is 0 Å². The third-order valence-electron chi connectivity index (χ3n) is 4.77. The van der Waals surface area contributed by atoms with E-state index >= 15 is 0 Å². The molecule has 0 saturated carbocycles. The maximum Gasteiger partial charge on any atom is 0.344 e. The number of hydrogen-bond acceptors (Lipinski definition) is 5. The van der Waals surface area contributed by atoms with Crippen LogP contribution in [0.1, 0.15) is 11.1 Å². The Hall–Kier alpha value is -3.80. The van der Waals surface area contributed by atoms with Gasteiger partial charge in [0.15, 0.2) is 6.61 Å². The zero-order valence-electron chi connectivity index (χ0n) is 16.9. The van der Waals surface area contributed by atoms with Crippen LogP contribution in [0.25, 0.3) is 21.7 Å². The number of carbonyl (C=O) groups excluding carboxylic acids is 1. The fourth-order valence-corrected chi connectivity index (χ4v) is 3.50. The molecule has 0 unspecified atom stereocenters. The normalized spacial score (nSPS) is 10.9. The van der Waals surface area contributed by atoms with Crippen molar-refractivity contribution in [3.05, 3.63) is 76.1 Å². The summed E-state index contributed by atoms with van der Waals surface area (Å²) in [6.07, 6.45) is 0. The molecule has 0 radical (unpaired) electrons. The fraction of sp³-hybridized carbons (Fsp3) is 0.167. The summed E-state index contributed by atoms with van der Waals surface area (Å²) in [6.45, 7) is 3.79. The number of methoxy groups -OCH3 is 1. The van der Waals surface area contributed by atoms with E-state index in [0.29, 0.717) is 22.5 Å². The third kappa shape index (κ3) is 3.98. The van der Waals surface area contributed by atoms with E-state index in [9.17, 15) is 9.59 Å². The van der Waals surface area contributed by atoms with Gasteiger partial charge in [-0.1, -0.05) is 6.07 Å². The summed E-state index contributed by atoms with van der Waals surface area (Å²) in [5.74, 6) is 0.755. The zero-order valence-corrected chi connectivity index (χ0v) is 16.9. The van der Waals surface area contributed by atoms with Crippen LogP contribution in [0.2, 0.25) is 0 Å². The van der Waals surface area contributed by atoms with Gasteiger partial charge in [-0.3, -0.25) is 4.79 Å². The Balaban J connectivity index is 1.54. The molecule has 6 nitrogen and oxygen atoms in total. The lowest BCUT2D eigenvalue weighted by molar-refractivity contribution is -0.118. The van der Waals surface area contributed by atoms with Crippen LogP contribution in [0.5, 0.6) is 11.5 Å². The molecule has 0 aliphatic heterocycles. The van der Waals surface area contributed by atoms with E-state index in [-0.39, 0.29) is 12.5 Å². The Labute approximate surface area is 173 Å². The molecule has 4 rings (SSSR count). The fourth-order valence-electron chi connectivity index (χ4n) is 3.50. The van der Waals surface area contributed by atoms with Gasteiger partial charge in [0.2, 0.25) is 0 Å². The number of ether oxygens (including phenoxy) is 2. The predicted molar refractivity (Wildman–Crippen MR) is 117 cm³/mol. The topological polar surface area (TPSA) is 77.8 Å². The minimum absolute atomic E-state index is 0.159. The van der Waals surface area contributed by atoms with Crippen LogP contribution in [0.3, 0.4) is 0 Å². The molecule has 0 fully saturated rings. The Morgan fingerprint density at radius 2 is 1.60 bits per heavy atom. The van der Waals surface area contributed by atoms with E-state index in [2.05, 4.69) is 5.32 Å². The molecule has 1 heterocycles. The summed E-state index contributed by atoms with van der Waals surface area (Å²) < 4.78 is 16.2. The molecule has 0 aliphatic rings. The van der Waals surface area contributed by atoms with E-state index < -0.39 is 5.63 Å². The number of anilines is 1. The summed E-state index contributed by atoms with van der Waals surface area (Å²) in [4.78, 5) is 24.6. The first-order chi connectivity index (χ1) is 14.4. The van der Waals surface area contributed by atoms with E-state index in [0.717, 1.165) is 27.6 Å². The summed E-state index contributed by atoms with van der Waals surface area (Å²) in [7, 11) is 1.55. The maximum absolute atomic E-state index is 12.4. The molecule has 0 saturated heterocycles. The van der Waals surface area contributed by atoms with Crippen molar-refractivity contribution in [2.75, 3.05) is 19.0 Å². The summed E-state index contributed by atoms with van der Waals surface area (Å²) in [5.41, 5.74) is 2.81. The lowest BCUT2D eigenvalue weighted by Gasteiger charge is -2.10. The summed E-state index contributed by atoms with van der Waals surface area (Å²) in [5, 5.41) is 4.82. The molecule has 1 aromatic heterocycles. The summed E-state index contributed by atoms with van der Waals surface area (Å²) >= 11 is 0. The number of fused-ring (bicyclic) bond motifs is 3. The molecular weight excluding hydrogens is 382 g/mol. The van der Waals surface area contributed by atoms with Gasteiger partial charge in [-0.25, -0.2) is 4.79 Å². The Morgan fingerprint density at radius 3 is 2.33 bits per heavy atom. The molecule has 1 N–H and O–H groups in total. The van der Waals surface area contributed by atoms with Crippen molar-refractivity contribution in [3.63, 3.8) is 0 Å². The van der Waals surface area contributed by atoms with Crippen molar-refractivity contribution in [2.45, 2.75) is 13.8 Å². The van der Waals surface area contributed by atoms with Crippen LogP contribution in [0, 0.1) is 13.8 Å². The van der Waals surface area contributed by atoms with Gasteiger partial charge in [0.1, 0.15) is 17.1 Å². The first kappa shape index (κ1) is 19.5. The van der Waals surface area contributed by atoms with Gasteiger partial charge in [-0.15, -0.1) is 0 Å². The number of amides is 1. The highest BCUT2D eigenvalue weighted by Gasteiger charge is 2.11. The average Bonchev–Trinajstić information content (AvgIpc) is 2.71. The minimum Gasteiger partial charge on any atom is -0.497 e. The standard InChI is InChI=1S/C24H21NO5/c1-14-8-15(2)10-16(9-14)25-23(26)13-29-18-5-7-20-19-6-4-17(28-3)11-21(19)24(27)30-22(20)12-18/h4-12H,13H2,1-3H3,(H,25,26). The molecule has 0 bridgehead atoms. The number of aryl methyl sites for hydroxylation is 2. The monoisotopic (exact) mass is 403 g/mol. The smallest absolute Gasteiger partial charge is 0.344 e. The SMILES string of the molecule is COc1ccc2c(c1)c(=O)oc1cc(OCC(=O)Nc3cc(C)cc(C)c3)ccc12. The van der Waals surface area contributed by atoms with Crippen molar-refractivity contribution in [3.8, 4) is 11.5 Å². The van der Waals surface area contributed by atoms with E-state index in [1.54, 1.807) is 31.4 Å². The van der Waals surface area contributed by atoms with Crippen LogP contribution in [-0.4, -0.2) is 19.6 Å². The largest absolute Gasteiger partial charge is 0.497 e.